The lowest BCUT2D eigenvalue weighted by molar-refractivity contribution is 0.134. The van der Waals surface area contributed by atoms with Crippen LogP contribution in [-0.4, -0.2) is 29.7 Å². The summed E-state index contributed by atoms with van der Waals surface area (Å²) in [7, 11) is 0. The van der Waals surface area contributed by atoms with Gasteiger partial charge in [-0.1, -0.05) is 18.5 Å². The summed E-state index contributed by atoms with van der Waals surface area (Å²) in [5.74, 6) is 1.45. The summed E-state index contributed by atoms with van der Waals surface area (Å²) >= 11 is 5.82. The van der Waals surface area contributed by atoms with E-state index in [1.54, 1.807) is 6.07 Å². The molecule has 1 rings (SSSR count). The third kappa shape index (κ3) is 5.28. The van der Waals surface area contributed by atoms with Crippen LogP contribution in [0.4, 0.5) is 5.82 Å². The van der Waals surface area contributed by atoms with Crippen molar-refractivity contribution in [2.45, 2.75) is 26.7 Å². The summed E-state index contributed by atoms with van der Waals surface area (Å²) in [5.41, 5.74) is 0. The van der Waals surface area contributed by atoms with Gasteiger partial charge in [0.1, 0.15) is 16.8 Å². The highest BCUT2D eigenvalue weighted by atomic mass is 35.5. The fourth-order valence-electron chi connectivity index (χ4n) is 1.26. The fraction of sp³-hybridized carbons (Fsp3) is 0.636. The molecule has 0 spiro atoms. The van der Waals surface area contributed by atoms with E-state index in [-0.39, 0.29) is 0 Å². The van der Waals surface area contributed by atoms with Crippen molar-refractivity contribution in [2.24, 2.45) is 0 Å². The number of rotatable bonds is 7. The van der Waals surface area contributed by atoms with Gasteiger partial charge in [-0.25, -0.2) is 9.97 Å². The Balaban J connectivity index is 2.21. The maximum atomic E-state index is 5.82. The second kappa shape index (κ2) is 7.41. The van der Waals surface area contributed by atoms with E-state index in [1.807, 2.05) is 6.92 Å². The average Bonchev–Trinajstić information content (AvgIpc) is 2.22. The van der Waals surface area contributed by atoms with Gasteiger partial charge in [-0.05, 0) is 19.8 Å². The van der Waals surface area contributed by atoms with Crippen molar-refractivity contribution in [3.8, 4) is 0 Å². The average molecular weight is 244 g/mol. The summed E-state index contributed by atoms with van der Waals surface area (Å²) < 4.78 is 5.37. The summed E-state index contributed by atoms with van der Waals surface area (Å²) in [6.45, 7) is 6.36. The molecule has 5 heteroatoms. The lowest BCUT2D eigenvalue weighted by atomic mass is 10.4. The zero-order valence-electron chi connectivity index (χ0n) is 9.79. The number of ether oxygens (including phenoxy) is 1. The predicted molar refractivity (Wildman–Crippen MR) is 66.0 cm³/mol. The number of hydrogen-bond acceptors (Lipinski definition) is 4. The van der Waals surface area contributed by atoms with Crippen LogP contribution >= 0.6 is 11.6 Å². The van der Waals surface area contributed by atoms with Crippen LogP contribution in [0, 0.1) is 6.92 Å². The Morgan fingerprint density at radius 1 is 1.38 bits per heavy atom. The van der Waals surface area contributed by atoms with Crippen LogP contribution in [0.2, 0.25) is 5.15 Å². The van der Waals surface area contributed by atoms with Crippen molar-refractivity contribution < 1.29 is 4.74 Å². The van der Waals surface area contributed by atoms with Crippen LogP contribution < -0.4 is 5.32 Å². The molecule has 0 aliphatic rings. The quantitative estimate of drug-likeness (QED) is 0.591. The number of hydrogen-bond donors (Lipinski definition) is 1. The molecule has 0 atom stereocenters. The van der Waals surface area contributed by atoms with Gasteiger partial charge in [0.25, 0.3) is 0 Å². The van der Waals surface area contributed by atoms with Gasteiger partial charge in [-0.2, -0.15) is 0 Å². The lowest BCUT2D eigenvalue weighted by Gasteiger charge is -2.06. The molecule has 0 aliphatic carbocycles. The molecule has 16 heavy (non-hydrogen) atoms. The van der Waals surface area contributed by atoms with Gasteiger partial charge >= 0.3 is 0 Å². The molecule has 90 valence electrons. The van der Waals surface area contributed by atoms with Crippen LogP contribution in [-0.2, 0) is 4.74 Å². The van der Waals surface area contributed by atoms with Gasteiger partial charge in [-0.3, -0.25) is 0 Å². The zero-order valence-corrected chi connectivity index (χ0v) is 10.5. The summed E-state index contributed by atoms with van der Waals surface area (Å²) in [6.07, 6.45) is 2.02. The Labute approximate surface area is 101 Å². The molecule has 0 radical (unpaired) electrons. The van der Waals surface area contributed by atoms with Crippen molar-refractivity contribution in [3.63, 3.8) is 0 Å². The van der Waals surface area contributed by atoms with E-state index >= 15 is 0 Å². The topological polar surface area (TPSA) is 47.0 Å². The van der Waals surface area contributed by atoms with Crippen LogP contribution in [0.5, 0.6) is 0 Å². The minimum absolute atomic E-state index is 0.470. The molecular formula is C11H18ClN3O. The van der Waals surface area contributed by atoms with E-state index in [0.29, 0.717) is 11.0 Å². The van der Waals surface area contributed by atoms with E-state index in [9.17, 15) is 0 Å². The number of halogens is 1. The molecule has 0 saturated heterocycles. The summed E-state index contributed by atoms with van der Waals surface area (Å²) in [6, 6.07) is 1.72. The predicted octanol–water partition coefficient (Wildman–Crippen LogP) is 2.67. The molecular weight excluding hydrogens is 226 g/mol. The molecule has 1 aromatic rings. The number of anilines is 1. The Bertz CT molecular complexity index is 300. The molecule has 1 aromatic heterocycles. The van der Waals surface area contributed by atoms with E-state index in [0.717, 1.165) is 38.4 Å². The van der Waals surface area contributed by atoms with Crippen LogP contribution in [0.3, 0.4) is 0 Å². The fourth-order valence-corrected chi connectivity index (χ4v) is 1.48. The van der Waals surface area contributed by atoms with E-state index in [4.69, 9.17) is 16.3 Å². The monoisotopic (exact) mass is 243 g/mol. The van der Waals surface area contributed by atoms with Gasteiger partial charge in [0.2, 0.25) is 0 Å². The number of nitrogens with one attached hydrogen (secondary N) is 1. The highest BCUT2D eigenvalue weighted by Crippen LogP contribution is 2.10. The van der Waals surface area contributed by atoms with Crippen LogP contribution in [0.1, 0.15) is 25.6 Å². The van der Waals surface area contributed by atoms with E-state index in [2.05, 4.69) is 22.2 Å². The molecule has 0 fully saturated rings. The summed E-state index contributed by atoms with van der Waals surface area (Å²) in [4.78, 5) is 8.21. The number of aryl methyl sites for hydroxylation is 1. The molecule has 0 amide bonds. The molecule has 0 unspecified atom stereocenters. The first kappa shape index (κ1) is 13.2. The second-order valence-corrected chi connectivity index (χ2v) is 3.90. The van der Waals surface area contributed by atoms with Gasteiger partial charge in [0, 0.05) is 25.8 Å². The summed E-state index contributed by atoms with van der Waals surface area (Å²) in [5, 5.41) is 3.66. The maximum Gasteiger partial charge on any atom is 0.134 e. The highest BCUT2D eigenvalue weighted by molar-refractivity contribution is 6.29. The molecule has 0 bridgehead atoms. The van der Waals surface area contributed by atoms with Crippen LogP contribution in [0.15, 0.2) is 6.07 Å². The third-order valence-corrected chi connectivity index (χ3v) is 2.12. The first-order valence-electron chi connectivity index (χ1n) is 5.55. The molecule has 1 heterocycles. The number of nitrogens with zero attached hydrogens (tertiary/aromatic N) is 2. The minimum atomic E-state index is 0.470. The minimum Gasteiger partial charge on any atom is -0.381 e. The molecule has 4 nitrogen and oxygen atoms in total. The molecule has 1 N–H and O–H groups in total. The van der Waals surface area contributed by atoms with E-state index < -0.39 is 0 Å². The molecule has 0 saturated carbocycles. The SMILES string of the molecule is CCCOCCCNc1cc(Cl)nc(C)n1. The Morgan fingerprint density at radius 2 is 2.19 bits per heavy atom. The van der Waals surface area contributed by atoms with Gasteiger partial charge in [-0.15, -0.1) is 0 Å². The first-order chi connectivity index (χ1) is 7.72. The standard InChI is InChI=1S/C11H18ClN3O/c1-3-6-16-7-4-5-13-11-8-10(12)14-9(2)15-11/h8H,3-7H2,1-2H3,(H,13,14,15). The zero-order chi connectivity index (χ0) is 11.8. The Morgan fingerprint density at radius 3 is 2.88 bits per heavy atom. The maximum absolute atomic E-state index is 5.82. The number of aromatic nitrogens is 2. The highest BCUT2D eigenvalue weighted by Gasteiger charge is 1.98. The van der Waals surface area contributed by atoms with Crippen molar-refractivity contribution in [2.75, 3.05) is 25.1 Å². The van der Waals surface area contributed by atoms with Crippen LogP contribution in [0.25, 0.3) is 0 Å². The largest absolute Gasteiger partial charge is 0.381 e. The molecule has 0 aliphatic heterocycles. The lowest BCUT2D eigenvalue weighted by Crippen LogP contribution is -2.08. The van der Waals surface area contributed by atoms with Crippen molar-refractivity contribution in [1.82, 2.24) is 9.97 Å². The Kier molecular flexibility index (Phi) is 6.11. The first-order valence-corrected chi connectivity index (χ1v) is 5.93. The van der Waals surface area contributed by atoms with Gasteiger partial charge in [0.15, 0.2) is 0 Å². The van der Waals surface area contributed by atoms with Gasteiger partial charge < -0.3 is 10.1 Å². The smallest absolute Gasteiger partial charge is 0.134 e. The van der Waals surface area contributed by atoms with Gasteiger partial charge in [0.05, 0.1) is 0 Å². The van der Waals surface area contributed by atoms with Crippen molar-refractivity contribution >= 4 is 17.4 Å². The molecule has 0 aromatic carbocycles. The second-order valence-electron chi connectivity index (χ2n) is 3.52. The Hall–Kier alpha value is -0.870. The normalized spacial score (nSPS) is 10.4. The third-order valence-electron chi connectivity index (χ3n) is 1.93. The van der Waals surface area contributed by atoms with Crippen molar-refractivity contribution in [3.05, 3.63) is 17.0 Å². The van der Waals surface area contributed by atoms with Crippen molar-refractivity contribution in [1.29, 1.82) is 0 Å². The van der Waals surface area contributed by atoms with E-state index in [1.165, 1.54) is 0 Å².